The van der Waals surface area contributed by atoms with Crippen LogP contribution in [0.25, 0.3) is 0 Å². The lowest BCUT2D eigenvalue weighted by molar-refractivity contribution is -0.164. The van der Waals surface area contributed by atoms with E-state index in [4.69, 9.17) is 5.11 Å². The van der Waals surface area contributed by atoms with Crippen molar-refractivity contribution in [1.82, 2.24) is 0 Å². The molecular weight excluding hydrogens is 244 g/mol. The fourth-order valence-electron chi connectivity index (χ4n) is 1.21. The number of ether oxygens (including phenoxy) is 1. The number of carboxylic acids is 1. The summed E-state index contributed by atoms with van der Waals surface area (Å²) in [5, 5.41) is 8.23. The number of rotatable bonds is 4. The zero-order chi connectivity index (χ0) is 13.2. The molecule has 0 radical (unpaired) electrons. The van der Waals surface area contributed by atoms with Crippen LogP contribution in [0.2, 0.25) is 0 Å². The molecule has 0 spiro atoms. The third-order valence-corrected chi connectivity index (χ3v) is 2.05. The van der Waals surface area contributed by atoms with E-state index in [0.29, 0.717) is 12.1 Å². The van der Waals surface area contributed by atoms with Gasteiger partial charge in [0.2, 0.25) is 0 Å². The van der Waals surface area contributed by atoms with Crippen molar-refractivity contribution >= 4 is 5.97 Å². The SMILES string of the molecule is COc1cc(F)c(F)cc1CC(F)(F)C(=O)O. The maximum atomic E-state index is 12.9. The Morgan fingerprint density at radius 2 is 1.88 bits per heavy atom. The second-order valence-electron chi connectivity index (χ2n) is 3.26. The standard InChI is InChI=1S/C10H8F4O3/c1-17-8-3-7(12)6(11)2-5(8)4-10(13,14)9(15)16/h2-3H,4H2,1H3,(H,15,16). The predicted octanol–water partition coefficient (Wildman–Crippen LogP) is 2.24. The molecule has 0 amide bonds. The molecule has 1 aromatic carbocycles. The Labute approximate surface area is 93.6 Å². The van der Waals surface area contributed by atoms with Gasteiger partial charge in [0, 0.05) is 11.6 Å². The average Bonchev–Trinajstić information content (AvgIpc) is 2.22. The lowest BCUT2D eigenvalue weighted by Crippen LogP contribution is -2.30. The number of carbonyl (C=O) groups is 1. The zero-order valence-electron chi connectivity index (χ0n) is 8.64. The van der Waals surface area contributed by atoms with E-state index in [1.165, 1.54) is 0 Å². The summed E-state index contributed by atoms with van der Waals surface area (Å²) in [4.78, 5) is 10.2. The van der Waals surface area contributed by atoms with Crippen molar-refractivity contribution in [3.05, 3.63) is 29.3 Å². The molecule has 0 fully saturated rings. The van der Waals surface area contributed by atoms with Crippen LogP contribution in [0.3, 0.4) is 0 Å². The summed E-state index contributed by atoms with van der Waals surface area (Å²) in [6, 6.07) is 1.08. The van der Waals surface area contributed by atoms with Gasteiger partial charge in [0.25, 0.3) is 0 Å². The number of carboxylic acid groups (broad SMARTS) is 1. The Morgan fingerprint density at radius 1 is 1.35 bits per heavy atom. The molecule has 0 heterocycles. The summed E-state index contributed by atoms with van der Waals surface area (Å²) >= 11 is 0. The molecule has 1 N–H and O–H groups in total. The normalized spacial score (nSPS) is 11.4. The van der Waals surface area contributed by atoms with Crippen LogP contribution in [0.5, 0.6) is 5.75 Å². The second-order valence-corrected chi connectivity index (χ2v) is 3.26. The fraction of sp³-hybridized carbons (Fsp3) is 0.300. The van der Waals surface area contributed by atoms with Crippen molar-refractivity contribution in [2.45, 2.75) is 12.3 Å². The molecular formula is C10H8F4O3. The number of hydrogen-bond acceptors (Lipinski definition) is 2. The number of halogens is 4. The van der Waals surface area contributed by atoms with Crippen LogP contribution in [0, 0.1) is 11.6 Å². The van der Waals surface area contributed by atoms with Crippen LogP contribution < -0.4 is 4.74 Å². The van der Waals surface area contributed by atoms with Gasteiger partial charge in [0.15, 0.2) is 11.6 Å². The average molecular weight is 252 g/mol. The highest BCUT2D eigenvalue weighted by Gasteiger charge is 2.39. The number of aliphatic carboxylic acids is 1. The van der Waals surface area contributed by atoms with Crippen molar-refractivity contribution in [3.8, 4) is 5.75 Å². The maximum absolute atomic E-state index is 12.9. The molecule has 0 unspecified atom stereocenters. The number of hydrogen-bond donors (Lipinski definition) is 1. The first-order chi connectivity index (χ1) is 7.77. The van der Waals surface area contributed by atoms with Gasteiger partial charge in [-0.2, -0.15) is 8.78 Å². The third kappa shape index (κ3) is 2.86. The lowest BCUT2D eigenvalue weighted by Gasteiger charge is -2.14. The Balaban J connectivity index is 3.14. The van der Waals surface area contributed by atoms with Gasteiger partial charge < -0.3 is 9.84 Å². The summed E-state index contributed by atoms with van der Waals surface area (Å²) in [7, 11) is 1.08. The monoisotopic (exact) mass is 252 g/mol. The van der Waals surface area contributed by atoms with Gasteiger partial charge in [0.1, 0.15) is 5.75 Å². The molecule has 1 aromatic rings. The van der Waals surface area contributed by atoms with E-state index >= 15 is 0 Å². The second kappa shape index (κ2) is 4.60. The third-order valence-electron chi connectivity index (χ3n) is 2.05. The molecule has 3 nitrogen and oxygen atoms in total. The van der Waals surface area contributed by atoms with Crippen molar-refractivity contribution in [1.29, 1.82) is 0 Å². The van der Waals surface area contributed by atoms with Gasteiger partial charge in [-0.3, -0.25) is 0 Å². The Morgan fingerprint density at radius 3 is 2.35 bits per heavy atom. The highest BCUT2D eigenvalue weighted by Crippen LogP contribution is 2.28. The van der Waals surface area contributed by atoms with Crippen molar-refractivity contribution in [3.63, 3.8) is 0 Å². The number of benzene rings is 1. The molecule has 0 saturated carbocycles. The van der Waals surface area contributed by atoms with E-state index in [2.05, 4.69) is 4.74 Å². The maximum Gasteiger partial charge on any atom is 0.374 e. The molecule has 0 atom stereocenters. The van der Waals surface area contributed by atoms with Gasteiger partial charge in [-0.05, 0) is 6.07 Å². The fourth-order valence-corrected chi connectivity index (χ4v) is 1.21. The van der Waals surface area contributed by atoms with Crippen LogP contribution in [-0.4, -0.2) is 24.1 Å². The van der Waals surface area contributed by atoms with Crippen LogP contribution in [-0.2, 0) is 11.2 Å². The van der Waals surface area contributed by atoms with E-state index in [1.54, 1.807) is 0 Å². The minimum absolute atomic E-state index is 0.329. The van der Waals surface area contributed by atoms with Crippen LogP contribution >= 0.6 is 0 Å². The van der Waals surface area contributed by atoms with Crippen molar-refractivity contribution in [2.75, 3.05) is 7.11 Å². The highest BCUT2D eigenvalue weighted by molar-refractivity contribution is 5.75. The van der Waals surface area contributed by atoms with E-state index in [9.17, 15) is 22.4 Å². The van der Waals surface area contributed by atoms with Gasteiger partial charge >= 0.3 is 11.9 Å². The van der Waals surface area contributed by atoms with Crippen LogP contribution in [0.4, 0.5) is 17.6 Å². The highest BCUT2D eigenvalue weighted by atomic mass is 19.3. The van der Waals surface area contributed by atoms with Crippen LogP contribution in [0.1, 0.15) is 5.56 Å². The molecule has 7 heteroatoms. The minimum atomic E-state index is -4.07. The number of alkyl halides is 2. The van der Waals surface area contributed by atoms with E-state index < -0.39 is 35.5 Å². The van der Waals surface area contributed by atoms with Gasteiger partial charge in [-0.15, -0.1) is 0 Å². The van der Waals surface area contributed by atoms with E-state index in [1.807, 2.05) is 0 Å². The Bertz CT molecular complexity index is 445. The first kappa shape index (κ1) is 13.3. The first-order valence-electron chi connectivity index (χ1n) is 4.41. The topological polar surface area (TPSA) is 46.5 Å². The zero-order valence-corrected chi connectivity index (χ0v) is 8.64. The summed E-state index contributed by atoms with van der Waals surface area (Å²) in [5.74, 6) is -9.35. The summed E-state index contributed by atoms with van der Waals surface area (Å²) < 4.78 is 56.0. The molecule has 94 valence electrons. The largest absolute Gasteiger partial charge is 0.496 e. The summed E-state index contributed by atoms with van der Waals surface area (Å²) in [5.41, 5.74) is -0.418. The predicted molar refractivity (Wildman–Crippen MR) is 49.2 cm³/mol. The molecule has 0 aliphatic carbocycles. The molecule has 0 aliphatic heterocycles. The minimum Gasteiger partial charge on any atom is -0.496 e. The molecule has 0 saturated heterocycles. The quantitative estimate of drug-likeness (QED) is 0.836. The van der Waals surface area contributed by atoms with Crippen LogP contribution in [0.15, 0.2) is 12.1 Å². The number of methoxy groups -OCH3 is 1. The van der Waals surface area contributed by atoms with Crippen molar-refractivity contribution in [2.24, 2.45) is 0 Å². The molecule has 0 aliphatic rings. The van der Waals surface area contributed by atoms with E-state index in [-0.39, 0.29) is 5.75 Å². The summed E-state index contributed by atoms with van der Waals surface area (Å²) in [6.45, 7) is 0. The Hall–Kier alpha value is -1.79. The molecule has 1 rings (SSSR count). The Kier molecular flexibility index (Phi) is 3.59. The van der Waals surface area contributed by atoms with Gasteiger partial charge in [0.05, 0.1) is 13.5 Å². The molecule has 17 heavy (non-hydrogen) atoms. The van der Waals surface area contributed by atoms with Gasteiger partial charge in [-0.25, -0.2) is 13.6 Å². The van der Waals surface area contributed by atoms with Crippen molar-refractivity contribution < 1.29 is 32.2 Å². The lowest BCUT2D eigenvalue weighted by atomic mass is 10.1. The van der Waals surface area contributed by atoms with Gasteiger partial charge in [-0.1, -0.05) is 0 Å². The smallest absolute Gasteiger partial charge is 0.374 e. The molecule has 0 bridgehead atoms. The first-order valence-corrected chi connectivity index (χ1v) is 4.41. The summed E-state index contributed by atoms with van der Waals surface area (Å²) in [6.07, 6.45) is -1.28. The molecule has 0 aromatic heterocycles. The van der Waals surface area contributed by atoms with E-state index in [0.717, 1.165) is 7.11 Å².